The maximum absolute atomic E-state index is 13.9. The van der Waals surface area contributed by atoms with Crippen LogP contribution in [0.25, 0.3) is 0 Å². The van der Waals surface area contributed by atoms with E-state index >= 15 is 0 Å². The van der Waals surface area contributed by atoms with Gasteiger partial charge >= 0.3 is 0 Å². The van der Waals surface area contributed by atoms with Crippen molar-refractivity contribution in [3.8, 4) is 5.75 Å². The molecule has 0 aromatic heterocycles. The molecule has 0 saturated carbocycles. The maximum Gasteiger partial charge on any atom is 0.264 e. The van der Waals surface area contributed by atoms with Crippen molar-refractivity contribution in [2.45, 2.75) is 17.9 Å². The van der Waals surface area contributed by atoms with Gasteiger partial charge in [-0.15, -0.1) is 0 Å². The standard InChI is InChI=1S/C26H30N2O5S/c1-27(17-10-18-32-2)26(29)22-13-9-14-23(19-22)34(30,31)28(20-21-11-5-4-6-12-21)24-15-7-8-16-25(24)33-3/h4-9,11-16,19H,10,17-18,20H2,1-3H3. The Labute approximate surface area is 201 Å². The first-order valence-electron chi connectivity index (χ1n) is 10.9. The van der Waals surface area contributed by atoms with Gasteiger partial charge < -0.3 is 14.4 Å². The SMILES string of the molecule is COCCCN(C)C(=O)c1cccc(S(=O)(=O)N(Cc2ccccc2)c2ccccc2OC)c1. The number of carbonyl (C=O) groups is 1. The van der Waals surface area contributed by atoms with Crippen molar-refractivity contribution in [2.75, 3.05) is 38.7 Å². The van der Waals surface area contributed by atoms with E-state index in [4.69, 9.17) is 9.47 Å². The summed E-state index contributed by atoms with van der Waals surface area (Å²) in [5.41, 5.74) is 1.55. The van der Waals surface area contributed by atoms with Gasteiger partial charge in [0.1, 0.15) is 5.75 Å². The van der Waals surface area contributed by atoms with Crippen molar-refractivity contribution in [1.29, 1.82) is 0 Å². The Hall–Kier alpha value is -3.36. The zero-order valence-electron chi connectivity index (χ0n) is 19.7. The van der Waals surface area contributed by atoms with Gasteiger partial charge in [0.25, 0.3) is 15.9 Å². The quantitative estimate of drug-likeness (QED) is 0.383. The number of ether oxygens (including phenoxy) is 2. The van der Waals surface area contributed by atoms with Crippen LogP contribution in [0, 0.1) is 0 Å². The van der Waals surface area contributed by atoms with Crippen LogP contribution in [0.5, 0.6) is 5.75 Å². The molecule has 3 aromatic rings. The van der Waals surface area contributed by atoms with E-state index in [9.17, 15) is 13.2 Å². The largest absolute Gasteiger partial charge is 0.495 e. The van der Waals surface area contributed by atoms with Gasteiger partial charge in [-0.2, -0.15) is 0 Å². The predicted molar refractivity (Wildman–Crippen MR) is 133 cm³/mol. The molecule has 0 saturated heterocycles. The summed E-state index contributed by atoms with van der Waals surface area (Å²) in [7, 11) is 0.780. The monoisotopic (exact) mass is 482 g/mol. The molecule has 0 spiro atoms. The number of rotatable bonds is 11. The van der Waals surface area contributed by atoms with Crippen molar-refractivity contribution in [3.63, 3.8) is 0 Å². The van der Waals surface area contributed by atoms with Crippen LogP contribution in [0.15, 0.2) is 83.8 Å². The highest BCUT2D eigenvalue weighted by Gasteiger charge is 2.28. The minimum absolute atomic E-state index is 0.0329. The summed E-state index contributed by atoms with van der Waals surface area (Å²) in [5.74, 6) is 0.187. The van der Waals surface area contributed by atoms with E-state index in [0.717, 1.165) is 5.56 Å². The molecule has 180 valence electrons. The number of hydrogen-bond donors (Lipinski definition) is 0. The molecule has 0 radical (unpaired) electrons. The van der Waals surface area contributed by atoms with Crippen LogP contribution < -0.4 is 9.04 Å². The summed E-state index contributed by atoms with van der Waals surface area (Å²) in [4.78, 5) is 14.5. The van der Waals surface area contributed by atoms with Crippen LogP contribution in [0.2, 0.25) is 0 Å². The molecule has 0 aliphatic carbocycles. The van der Waals surface area contributed by atoms with Gasteiger partial charge in [-0.25, -0.2) is 8.42 Å². The number of amides is 1. The Morgan fingerprint density at radius 2 is 1.62 bits per heavy atom. The van der Waals surface area contributed by atoms with Crippen LogP contribution in [0.1, 0.15) is 22.3 Å². The zero-order chi connectivity index (χ0) is 24.6. The molecule has 0 atom stereocenters. The molecule has 7 nitrogen and oxygen atoms in total. The maximum atomic E-state index is 13.9. The molecule has 0 bridgehead atoms. The molecule has 0 aliphatic heterocycles. The summed E-state index contributed by atoms with van der Waals surface area (Å²) in [6.07, 6.45) is 0.690. The summed E-state index contributed by atoms with van der Waals surface area (Å²) in [6, 6.07) is 22.5. The molecule has 3 aromatic carbocycles. The van der Waals surface area contributed by atoms with Gasteiger partial charge in [0.05, 0.1) is 24.2 Å². The number of carbonyl (C=O) groups excluding carboxylic acids is 1. The smallest absolute Gasteiger partial charge is 0.264 e. The van der Waals surface area contributed by atoms with Gasteiger partial charge in [0.2, 0.25) is 0 Å². The third kappa shape index (κ3) is 5.95. The summed E-state index contributed by atoms with van der Waals surface area (Å²) in [5, 5.41) is 0. The van der Waals surface area contributed by atoms with Crippen LogP contribution in [-0.2, 0) is 21.3 Å². The number of hydrogen-bond acceptors (Lipinski definition) is 5. The second-order valence-electron chi connectivity index (χ2n) is 7.77. The Bertz CT molecular complexity index is 1200. The van der Waals surface area contributed by atoms with Gasteiger partial charge in [-0.3, -0.25) is 9.10 Å². The van der Waals surface area contributed by atoms with Gasteiger partial charge in [-0.1, -0.05) is 48.5 Å². The van der Waals surface area contributed by atoms with Crippen LogP contribution in [0.4, 0.5) is 5.69 Å². The van der Waals surface area contributed by atoms with E-state index in [1.165, 1.54) is 23.5 Å². The van der Waals surface area contributed by atoms with Crippen LogP contribution in [-0.4, -0.2) is 53.6 Å². The number of anilines is 1. The molecule has 0 fully saturated rings. The summed E-state index contributed by atoms with van der Waals surface area (Å²) in [6.45, 7) is 1.16. The molecular formula is C26H30N2O5S. The van der Waals surface area contributed by atoms with Crippen molar-refractivity contribution in [2.24, 2.45) is 0 Å². The molecule has 3 rings (SSSR count). The highest BCUT2D eigenvalue weighted by molar-refractivity contribution is 7.92. The lowest BCUT2D eigenvalue weighted by Gasteiger charge is -2.26. The number of nitrogens with zero attached hydrogens (tertiary/aromatic N) is 2. The fourth-order valence-electron chi connectivity index (χ4n) is 3.57. The normalized spacial score (nSPS) is 11.1. The first-order valence-corrected chi connectivity index (χ1v) is 12.4. The topological polar surface area (TPSA) is 76.2 Å². The number of methoxy groups -OCH3 is 2. The number of sulfonamides is 1. The van der Waals surface area contributed by atoms with E-state index in [1.54, 1.807) is 55.5 Å². The highest BCUT2D eigenvalue weighted by Crippen LogP contribution is 2.33. The van der Waals surface area contributed by atoms with E-state index in [1.807, 2.05) is 30.3 Å². The van der Waals surface area contributed by atoms with Crippen molar-refractivity contribution >= 4 is 21.6 Å². The van der Waals surface area contributed by atoms with Crippen molar-refractivity contribution in [1.82, 2.24) is 4.90 Å². The molecule has 8 heteroatoms. The lowest BCUT2D eigenvalue weighted by atomic mass is 10.2. The second kappa shape index (κ2) is 11.7. The molecule has 0 unspecified atom stereocenters. The Kier molecular flexibility index (Phi) is 8.67. The molecule has 34 heavy (non-hydrogen) atoms. The first kappa shape index (κ1) is 25.3. The zero-order valence-corrected chi connectivity index (χ0v) is 20.5. The first-order chi connectivity index (χ1) is 16.4. The minimum Gasteiger partial charge on any atom is -0.495 e. The third-order valence-electron chi connectivity index (χ3n) is 5.38. The fraction of sp³-hybridized carbons (Fsp3) is 0.269. The van der Waals surface area contributed by atoms with Gasteiger partial charge in [-0.05, 0) is 42.3 Å². The Morgan fingerprint density at radius 1 is 0.912 bits per heavy atom. The van der Waals surface area contributed by atoms with Gasteiger partial charge in [0, 0.05) is 32.9 Å². The summed E-state index contributed by atoms with van der Waals surface area (Å²) >= 11 is 0. The lowest BCUT2D eigenvalue weighted by Crippen LogP contribution is -2.32. The van der Waals surface area contributed by atoms with Crippen LogP contribution in [0.3, 0.4) is 0 Å². The number of para-hydroxylation sites is 2. The average molecular weight is 483 g/mol. The fourth-order valence-corrected chi connectivity index (χ4v) is 5.08. The Balaban J connectivity index is 2.00. The molecular weight excluding hydrogens is 452 g/mol. The van der Waals surface area contributed by atoms with Crippen LogP contribution >= 0.6 is 0 Å². The number of benzene rings is 3. The molecule has 0 N–H and O–H groups in total. The lowest BCUT2D eigenvalue weighted by molar-refractivity contribution is 0.0779. The van der Waals surface area contributed by atoms with E-state index < -0.39 is 10.0 Å². The van der Waals surface area contributed by atoms with Crippen molar-refractivity contribution in [3.05, 3.63) is 90.0 Å². The molecule has 0 heterocycles. The average Bonchev–Trinajstić information content (AvgIpc) is 2.87. The summed E-state index contributed by atoms with van der Waals surface area (Å²) < 4.78 is 39.6. The second-order valence-corrected chi connectivity index (χ2v) is 9.63. The Morgan fingerprint density at radius 3 is 2.32 bits per heavy atom. The van der Waals surface area contributed by atoms with E-state index in [-0.39, 0.29) is 17.3 Å². The molecule has 1 amide bonds. The van der Waals surface area contributed by atoms with Crippen molar-refractivity contribution < 1.29 is 22.7 Å². The highest BCUT2D eigenvalue weighted by atomic mass is 32.2. The van der Waals surface area contributed by atoms with Gasteiger partial charge in [0.15, 0.2) is 0 Å². The van der Waals surface area contributed by atoms with E-state index in [0.29, 0.717) is 36.6 Å². The molecule has 0 aliphatic rings. The predicted octanol–water partition coefficient (Wildman–Crippen LogP) is 4.20. The third-order valence-corrected chi connectivity index (χ3v) is 7.14. The van der Waals surface area contributed by atoms with E-state index in [2.05, 4.69) is 0 Å². The minimum atomic E-state index is -4.02.